The average Bonchev–Trinajstić information content (AvgIpc) is 2.87. The maximum Gasteiger partial charge on any atom is 0.305 e. The van der Waals surface area contributed by atoms with Crippen molar-refractivity contribution in [3.05, 3.63) is 24.2 Å². The lowest BCUT2D eigenvalue weighted by molar-refractivity contribution is -0.136. The van der Waals surface area contributed by atoms with Gasteiger partial charge in [0.1, 0.15) is 0 Å². The van der Waals surface area contributed by atoms with Gasteiger partial charge >= 0.3 is 5.97 Å². The fourth-order valence-corrected chi connectivity index (χ4v) is 1.34. The first-order valence-electron chi connectivity index (χ1n) is 5.90. The highest BCUT2D eigenvalue weighted by Gasteiger charge is 2.07. The summed E-state index contributed by atoms with van der Waals surface area (Å²) in [5, 5.41) is 13.5. The number of rotatable bonds is 8. The molecule has 0 fully saturated rings. The zero-order valence-corrected chi connectivity index (χ0v) is 10.3. The highest BCUT2D eigenvalue weighted by Crippen LogP contribution is 1.99. The van der Waals surface area contributed by atoms with Gasteiger partial charge in [0.2, 0.25) is 5.91 Å². The lowest BCUT2D eigenvalue weighted by Gasteiger charge is -2.04. The molecule has 1 heterocycles. The van der Waals surface area contributed by atoms with Gasteiger partial charge in [0, 0.05) is 19.5 Å². The minimum atomic E-state index is -0.953. The number of carbonyl (C=O) groups is 3. The predicted octanol–water partition coefficient (Wildman–Crippen LogP) is 0.381. The van der Waals surface area contributed by atoms with Crippen molar-refractivity contribution in [2.24, 2.45) is 0 Å². The Balaban J connectivity index is 2.05. The molecule has 7 nitrogen and oxygen atoms in total. The molecule has 104 valence electrons. The lowest BCUT2D eigenvalue weighted by Crippen LogP contribution is -2.28. The molecule has 0 aliphatic heterocycles. The van der Waals surface area contributed by atoms with Crippen molar-refractivity contribution < 1.29 is 23.9 Å². The minimum Gasteiger partial charge on any atom is -0.481 e. The highest BCUT2D eigenvalue weighted by molar-refractivity contribution is 5.91. The zero-order chi connectivity index (χ0) is 14.1. The second-order valence-corrected chi connectivity index (χ2v) is 3.83. The molecule has 0 bridgehead atoms. The summed E-state index contributed by atoms with van der Waals surface area (Å²) in [4.78, 5) is 32.9. The molecule has 2 amide bonds. The lowest BCUT2D eigenvalue weighted by atomic mass is 10.3. The van der Waals surface area contributed by atoms with E-state index in [2.05, 4.69) is 10.6 Å². The van der Waals surface area contributed by atoms with E-state index in [0.29, 0.717) is 13.0 Å². The van der Waals surface area contributed by atoms with Gasteiger partial charge in [-0.15, -0.1) is 0 Å². The van der Waals surface area contributed by atoms with Crippen LogP contribution in [0.4, 0.5) is 0 Å². The summed E-state index contributed by atoms with van der Waals surface area (Å²) >= 11 is 0. The zero-order valence-electron chi connectivity index (χ0n) is 10.3. The molecular formula is C12H16N2O5. The predicted molar refractivity (Wildman–Crippen MR) is 65.5 cm³/mol. The summed E-state index contributed by atoms with van der Waals surface area (Å²) in [5.74, 6) is -1.28. The van der Waals surface area contributed by atoms with Gasteiger partial charge in [-0.1, -0.05) is 0 Å². The van der Waals surface area contributed by atoms with Gasteiger partial charge in [0.15, 0.2) is 5.76 Å². The molecule has 0 saturated carbocycles. The maximum atomic E-state index is 11.4. The molecule has 0 atom stereocenters. The number of furan rings is 1. The average molecular weight is 268 g/mol. The third-order valence-corrected chi connectivity index (χ3v) is 2.27. The summed E-state index contributed by atoms with van der Waals surface area (Å²) in [6.07, 6.45) is 2.02. The summed E-state index contributed by atoms with van der Waals surface area (Å²) in [6.45, 7) is 0.471. The van der Waals surface area contributed by atoms with Crippen molar-refractivity contribution in [1.29, 1.82) is 0 Å². The molecule has 3 N–H and O–H groups in total. The van der Waals surface area contributed by atoms with Gasteiger partial charge < -0.3 is 20.2 Å². The fourth-order valence-electron chi connectivity index (χ4n) is 1.34. The van der Waals surface area contributed by atoms with Crippen LogP contribution >= 0.6 is 0 Å². The molecule has 0 radical (unpaired) electrons. The third-order valence-electron chi connectivity index (χ3n) is 2.27. The number of hydrogen-bond donors (Lipinski definition) is 3. The topological polar surface area (TPSA) is 109 Å². The number of amides is 2. The van der Waals surface area contributed by atoms with Crippen LogP contribution in [0, 0.1) is 0 Å². The first kappa shape index (κ1) is 14.7. The molecule has 0 aliphatic carbocycles. The minimum absolute atomic E-state index is 0.0963. The smallest absolute Gasteiger partial charge is 0.305 e. The number of aliphatic carboxylic acids is 1. The molecule has 7 heteroatoms. The fraction of sp³-hybridized carbons (Fsp3) is 0.417. The van der Waals surface area contributed by atoms with Crippen molar-refractivity contribution in [1.82, 2.24) is 10.6 Å². The molecule has 1 aromatic rings. The van der Waals surface area contributed by atoms with Crippen LogP contribution in [-0.4, -0.2) is 36.0 Å². The first-order valence-corrected chi connectivity index (χ1v) is 5.90. The van der Waals surface area contributed by atoms with Crippen LogP contribution in [0.2, 0.25) is 0 Å². The summed E-state index contributed by atoms with van der Waals surface area (Å²) in [7, 11) is 0. The SMILES string of the molecule is O=C(O)CCNC(=O)CCCNC(=O)c1ccco1. The number of nitrogens with one attached hydrogen (secondary N) is 2. The second kappa shape index (κ2) is 7.91. The van der Waals surface area contributed by atoms with E-state index in [0.717, 1.165) is 0 Å². The molecule has 0 spiro atoms. The van der Waals surface area contributed by atoms with Crippen LogP contribution in [0.15, 0.2) is 22.8 Å². The van der Waals surface area contributed by atoms with Crippen LogP contribution in [0.5, 0.6) is 0 Å². The number of carbonyl (C=O) groups excluding carboxylic acids is 2. The molecular weight excluding hydrogens is 252 g/mol. The Morgan fingerprint density at radius 2 is 1.95 bits per heavy atom. The largest absolute Gasteiger partial charge is 0.481 e. The Morgan fingerprint density at radius 1 is 1.16 bits per heavy atom. The van der Waals surface area contributed by atoms with E-state index >= 15 is 0 Å². The van der Waals surface area contributed by atoms with Gasteiger partial charge in [-0.2, -0.15) is 0 Å². The molecule has 1 rings (SSSR count). The van der Waals surface area contributed by atoms with Crippen LogP contribution in [0.3, 0.4) is 0 Å². The van der Waals surface area contributed by atoms with E-state index < -0.39 is 5.97 Å². The van der Waals surface area contributed by atoms with Gasteiger partial charge in [-0.3, -0.25) is 14.4 Å². The molecule has 0 aliphatic rings. The van der Waals surface area contributed by atoms with Crippen molar-refractivity contribution in [2.45, 2.75) is 19.3 Å². The maximum absolute atomic E-state index is 11.4. The van der Waals surface area contributed by atoms with Crippen LogP contribution in [0.25, 0.3) is 0 Å². The van der Waals surface area contributed by atoms with Gasteiger partial charge in [-0.05, 0) is 18.6 Å². The quantitative estimate of drug-likeness (QED) is 0.591. The standard InChI is InChI=1S/C12H16N2O5/c15-10(13-7-5-11(16)17)4-1-6-14-12(18)9-3-2-8-19-9/h2-3,8H,1,4-7H2,(H,13,15)(H,14,18)(H,16,17). The van der Waals surface area contributed by atoms with Crippen molar-refractivity contribution >= 4 is 17.8 Å². The van der Waals surface area contributed by atoms with Gasteiger partial charge in [0.25, 0.3) is 5.91 Å². The van der Waals surface area contributed by atoms with Crippen LogP contribution < -0.4 is 10.6 Å². The Kier molecular flexibility index (Phi) is 6.14. The van der Waals surface area contributed by atoms with E-state index in [-0.39, 0.29) is 37.0 Å². The molecule has 0 unspecified atom stereocenters. The van der Waals surface area contributed by atoms with Crippen molar-refractivity contribution in [2.75, 3.05) is 13.1 Å². The van der Waals surface area contributed by atoms with Crippen molar-refractivity contribution in [3.63, 3.8) is 0 Å². The normalized spacial score (nSPS) is 9.89. The summed E-state index contributed by atoms with van der Waals surface area (Å²) in [5.41, 5.74) is 0. The van der Waals surface area contributed by atoms with Gasteiger partial charge in [-0.25, -0.2) is 0 Å². The van der Waals surface area contributed by atoms with E-state index in [9.17, 15) is 14.4 Å². The highest BCUT2D eigenvalue weighted by atomic mass is 16.4. The monoisotopic (exact) mass is 268 g/mol. The first-order chi connectivity index (χ1) is 9.09. The van der Waals surface area contributed by atoms with E-state index in [4.69, 9.17) is 9.52 Å². The molecule has 19 heavy (non-hydrogen) atoms. The van der Waals surface area contributed by atoms with Crippen LogP contribution in [0.1, 0.15) is 29.8 Å². The van der Waals surface area contributed by atoms with Gasteiger partial charge in [0.05, 0.1) is 12.7 Å². The second-order valence-electron chi connectivity index (χ2n) is 3.83. The molecule has 0 saturated heterocycles. The summed E-state index contributed by atoms with van der Waals surface area (Å²) < 4.78 is 4.90. The van der Waals surface area contributed by atoms with E-state index in [1.807, 2.05) is 0 Å². The van der Waals surface area contributed by atoms with E-state index in [1.54, 1.807) is 12.1 Å². The van der Waals surface area contributed by atoms with Crippen molar-refractivity contribution in [3.8, 4) is 0 Å². The Morgan fingerprint density at radius 3 is 2.58 bits per heavy atom. The van der Waals surface area contributed by atoms with E-state index in [1.165, 1.54) is 6.26 Å². The Bertz CT molecular complexity index is 427. The summed E-state index contributed by atoms with van der Waals surface area (Å²) in [6, 6.07) is 3.17. The third kappa shape index (κ3) is 6.25. The Hall–Kier alpha value is -2.31. The number of hydrogen-bond acceptors (Lipinski definition) is 4. The molecule has 1 aromatic heterocycles. The number of carboxylic acid groups (broad SMARTS) is 1. The molecule has 0 aromatic carbocycles. The Labute approximate surface area is 110 Å². The number of carboxylic acids is 1. The van der Waals surface area contributed by atoms with Crippen LogP contribution in [-0.2, 0) is 9.59 Å².